The number of benzene rings is 1. The summed E-state index contributed by atoms with van der Waals surface area (Å²) < 4.78 is 5.70. The molecule has 1 atom stereocenters. The van der Waals surface area contributed by atoms with E-state index in [2.05, 4.69) is 56.4 Å². The Kier molecular flexibility index (Phi) is 4.48. The van der Waals surface area contributed by atoms with Crippen LogP contribution in [0, 0.1) is 13.8 Å². The highest BCUT2D eigenvalue weighted by molar-refractivity contribution is 7.12. The van der Waals surface area contributed by atoms with Crippen LogP contribution in [0.4, 0.5) is 5.69 Å². The topological polar surface area (TPSA) is 21.3 Å². The molecule has 102 valence electrons. The summed E-state index contributed by atoms with van der Waals surface area (Å²) >= 11 is 1.83. The van der Waals surface area contributed by atoms with E-state index in [1.165, 1.54) is 15.3 Å². The van der Waals surface area contributed by atoms with Crippen LogP contribution in [0.2, 0.25) is 0 Å². The van der Waals surface area contributed by atoms with Crippen molar-refractivity contribution in [2.75, 3.05) is 11.9 Å². The largest absolute Gasteiger partial charge is 0.492 e. The molecule has 0 aliphatic heterocycles. The van der Waals surface area contributed by atoms with Crippen molar-refractivity contribution in [2.24, 2.45) is 0 Å². The summed E-state index contributed by atoms with van der Waals surface area (Å²) in [6.45, 7) is 9.10. The van der Waals surface area contributed by atoms with Crippen molar-refractivity contribution >= 4 is 17.0 Å². The summed E-state index contributed by atoms with van der Waals surface area (Å²) in [6, 6.07) is 10.9. The highest BCUT2D eigenvalue weighted by atomic mass is 32.1. The smallest absolute Gasteiger partial charge is 0.142 e. The van der Waals surface area contributed by atoms with Gasteiger partial charge in [-0.15, -0.1) is 11.3 Å². The molecule has 0 radical (unpaired) electrons. The quantitative estimate of drug-likeness (QED) is 0.834. The Morgan fingerprint density at radius 2 is 2.00 bits per heavy atom. The predicted octanol–water partition coefficient (Wildman–Crippen LogP) is 4.94. The number of anilines is 1. The molecule has 2 rings (SSSR count). The lowest BCUT2D eigenvalue weighted by molar-refractivity contribution is 0.341. The first-order valence-corrected chi connectivity index (χ1v) is 7.48. The van der Waals surface area contributed by atoms with Gasteiger partial charge >= 0.3 is 0 Å². The fraction of sp³-hybridized carbons (Fsp3) is 0.375. The van der Waals surface area contributed by atoms with Crippen LogP contribution >= 0.6 is 11.3 Å². The number of ether oxygens (including phenoxy) is 1. The Balaban J connectivity index is 2.18. The number of hydrogen-bond acceptors (Lipinski definition) is 3. The van der Waals surface area contributed by atoms with Crippen LogP contribution < -0.4 is 10.1 Å². The number of thiophene rings is 1. The third kappa shape index (κ3) is 3.51. The van der Waals surface area contributed by atoms with Gasteiger partial charge in [0.1, 0.15) is 5.75 Å². The van der Waals surface area contributed by atoms with Gasteiger partial charge in [0.2, 0.25) is 0 Å². The summed E-state index contributed by atoms with van der Waals surface area (Å²) in [4.78, 5) is 2.69. The average Bonchev–Trinajstić information content (AvgIpc) is 2.80. The Hall–Kier alpha value is -1.48. The molecular weight excluding hydrogens is 254 g/mol. The monoisotopic (exact) mass is 275 g/mol. The summed E-state index contributed by atoms with van der Waals surface area (Å²) in [7, 11) is 0. The molecule has 0 saturated heterocycles. The Labute approximate surface area is 119 Å². The lowest BCUT2D eigenvalue weighted by Crippen LogP contribution is -2.07. The molecule has 0 aliphatic rings. The van der Waals surface area contributed by atoms with E-state index in [-0.39, 0.29) is 0 Å². The summed E-state index contributed by atoms with van der Waals surface area (Å²) in [5.41, 5.74) is 2.28. The highest BCUT2D eigenvalue weighted by Crippen LogP contribution is 2.31. The molecule has 0 saturated carbocycles. The molecule has 0 spiro atoms. The molecule has 0 fully saturated rings. The molecule has 1 heterocycles. The van der Waals surface area contributed by atoms with Gasteiger partial charge in [-0.25, -0.2) is 0 Å². The standard InChI is InChI=1S/C16H21NOS/c1-5-18-15-10-11(2)6-8-14(15)17-13(4)16-9-7-12(3)19-16/h6-10,13,17H,5H2,1-4H3. The number of rotatable bonds is 5. The van der Waals surface area contributed by atoms with Gasteiger partial charge in [0.15, 0.2) is 0 Å². The summed E-state index contributed by atoms with van der Waals surface area (Å²) in [6.07, 6.45) is 0. The van der Waals surface area contributed by atoms with Crippen molar-refractivity contribution in [3.05, 3.63) is 45.6 Å². The van der Waals surface area contributed by atoms with Crippen molar-refractivity contribution in [1.82, 2.24) is 0 Å². The van der Waals surface area contributed by atoms with E-state index < -0.39 is 0 Å². The normalized spacial score (nSPS) is 12.2. The van der Waals surface area contributed by atoms with Crippen molar-refractivity contribution in [1.29, 1.82) is 0 Å². The molecule has 1 N–H and O–H groups in total. The van der Waals surface area contributed by atoms with Gasteiger partial charge in [0, 0.05) is 9.75 Å². The SMILES string of the molecule is CCOc1cc(C)ccc1NC(C)c1ccc(C)s1. The van der Waals surface area contributed by atoms with Crippen LogP contribution in [0.1, 0.15) is 35.2 Å². The van der Waals surface area contributed by atoms with Crippen molar-refractivity contribution < 1.29 is 4.74 Å². The Morgan fingerprint density at radius 1 is 1.21 bits per heavy atom. The first-order valence-electron chi connectivity index (χ1n) is 6.66. The van der Waals surface area contributed by atoms with Crippen LogP contribution in [-0.4, -0.2) is 6.61 Å². The van der Waals surface area contributed by atoms with Gasteiger partial charge in [0.25, 0.3) is 0 Å². The Morgan fingerprint density at radius 3 is 2.63 bits per heavy atom. The van der Waals surface area contributed by atoms with E-state index >= 15 is 0 Å². The summed E-state index contributed by atoms with van der Waals surface area (Å²) in [5, 5.41) is 3.54. The van der Waals surface area contributed by atoms with Crippen LogP contribution in [0.3, 0.4) is 0 Å². The van der Waals surface area contributed by atoms with Crippen LogP contribution in [0.25, 0.3) is 0 Å². The maximum Gasteiger partial charge on any atom is 0.142 e. The van der Waals surface area contributed by atoms with Crippen LogP contribution in [-0.2, 0) is 0 Å². The molecule has 0 bridgehead atoms. The maximum atomic E-state index is 5.70. The fourth-order valence-electron chi connectivity index (χ4n) is 2.01. The van der Waals surface area contributed by atoms with Gasteiger partial charge in [-0.05, 0) is 57.5 Å². The minimum Gasteiger partial charge on any atom is -0.492 e. The van der Waals surface area contributed by atoms with E-state index in [1.54, 1.807) is 0 Å². The maximum absolute atomic E-state index is 5.70. The second kappa shape index (κ2) is 6.11. The molecule has 1 aromatic carbocycles. The van der Waals surface area contributed by atoms with Gasteiger partial charge < -0.3 is 10.1 Å². The first kappa shape index (κ1) is 13.9. The molecule has 1 aromatic heterocycles. The van der Waals surface area contributed by atoms with Gasteiger partial charge in [0.05, 0.1) is 18.3 Å². The molecule has 3 heteroatoms. The molecular formula is C16H21NOS. The molecule has 1 unspecified atom stereocenters. The van der Waals surface area contributed by atoms with Gasteiger partial charge in [-0.1, -0.05) is 6.07 Å². The number of hydrogen-bond donors (Lipinski definition) is 1. The van der Waals surface area contributed by atoms with Gasteiger partial charge in [-0.2, -0.15) is 0 Å². The minimum atomic E-state index is 0.292. The molecule has 2 aromatic rings. The van der Waals surface area contributed by atoms with Crippen LogP contribution in [0.15, 0.2) is 30.3 Å². The van der Waals surface area contributed by atoms with Gasteiger partial charge in [-0.3, -0.25) is 0 Å². The molecule has 19 heavy (non-hydrogen) atoms. The lowest BCUT2D eigenvalue weighted by atomic mass is 10.2. The summed E-state index contributed by atoms with van der Waals surface area (Å²) in [5.74, 6) is 0.933. The van der Waals surface area contributed by atoms with E-state index in [9.17, 15) is 0 Å². The number of nitrogens with one attached hydrogen (secondary N) is 1. The van der Waals surface area contributed by atoms with Crippen LogP contribution in [0.5, 0.6) is 5.75 Å². The highest BCUT2D eigenvalue weighted by Gasteiger charge is 2.10. The van der Waals surface area contributed by atoms with Crippen molar-refractivity contribution in [2.45, 2.75) is 33.7 Å². The average molecular weight is 275 g/mol. The molecule has 0 aliphatic carbocycles. The van der Waals surface area contributed by atoms with E-state index in [1.807, 2.05) is 18.3 Å². The zero-order chi connectivity index (χ0) is 13.8. The zero-order valence-corrected chi connectivity index (χ0v) is 12.8. The lowest BCUT2D eigenvalue weighted by Gasteiger charge is -2.17. The predicted molar refractivity (Wildman–Crippen MR) is 83.4 cm³/mol. The second-order valence-electron chi connectivity index (χ2n) is 4.75. The van der Waals surface area contributed by atoms with E-state index in [0.29, 0.717) is 12.6 Å². The third-order valence-electron chi connectivity index (χ3n) is 3.00. The number of aryl methyl sites for hydroxylation is 2. The fourth-order valence-corrected chi connectivity index (χ4v) is 2.89. The van der Waals surface area contributed by atoms with Crippen molar-refractivity contribution in [3.63, 3.8) is 0 Å². The first-order chi connectivity index (χ1) is 9.10. The Bertz CT molecular complexity index is 547. The second-order valence-corrected chi connectivity index (χ2v) is 6.07. The third-order valence-corrected chi connectivity index (χ3v) is 4.18. The zero-order valence-electron chi connectivity index (χ0n) is 12.0. The molecule has 0 amide bonds. The molecule has 2 nitrogen and oxygen atoms in total. The van der Waals surface area contributed by atoms with E-state index in [0.717, 1.165) is 11.4 Å². The minimum absolute atomic E-state index is 0.292. The van der Waals surface area contributed by atoms with E-state index in [4.69, 9.17) is 4.74 Å². The van der Waals surface area contributed by atoms with Crippen molar-refractivity contribution in [3.8, 4) is 5.75 Å².